The van der Waals surface area contributed by atoms with Crippen molar-refractivity contribution in [3.63, 3.8) is 0 Å². The standard InChI is InChI=1S/C26H48O2/c1-5-6-7-8-9-10-11-12-13-14-15-16-17-18-26(27)28-25-21-23(4)19-20-24(25)22(2)3/h23-25H,2,5-21H2,1,3-4H3/t23-,24+,25-/m1/s1. The summed E-state index contributed by atoms with van der Waals surface area (Å²) in [5.41, 5.74) is 1.17. The molecule has 164 valence electrons. The lowest BCUT2D eigenvalue weighted by Gasteiger charge is -2.34. The highest BCUT2D eigenvalue weighted by atomic mass is 16.5. The summed E-state index contributed by atoms with van der Waals surface area (Å²) in [7, 11) is 0. The summed E-state index contributed by atoms with van der Waals surface area (Å²) in [5, 5.41) is 0. The van der Waals surface area contributed by atoms with Gasteiger partial charge >= 0.3 is 5.97 Å². The first-order chi connectivity index (χ1) is 13.5. The SMILES string of the molecule is C=C(C)[C@@H]1CC[C@@H](C)C[C@H]1OC(=O)CCCCCCCCCCCCCCC. The molecule has 0 aliphatic heterocycles. The predicted molar refractivity (Wildman–Crippen MR) is 122 cm³/mol. The number of hydrogen-bond acceptors (Lipinski definition) is 2. The molecule has 3 atom stereocenters. The number of carbonyl (C=O) groups excluding carboxylic acids is 1. The maximum absolute atomic E-state index is 12.2. The first-order valence-corrected chi connectivity index (χ1v) is 12.4. The number of esters is 1. The molecule has 0 N–H and O–H groups in total. The first-order valence-electron chi connectivity index (χ1n) is 12.4. The molecule has 0 amide bonds. The number of carbonyl (C=O) groups is 1. The van der Waals surface area contributed by atoms with E-state index in [-0.39, 0.29) is 12.1 Å². The van der Waals surface area contributed by atoms with Crippen LogP contribution in [0.2, 0.25) is 0 Å². The lowest BCUT2D eigenvalue weighted by molar-refractivity contribution is -0.153. The monoisotopic (exact) mass is 392 g/mol. The van der Waals surface area contributed by atoms with Gasteiger partial charge in [-0.3, -0.25) is 4.79 Å². The molecule has 0 saturated heterocycles. The maximum Gasteiger partial charge on any atom is 0.306 e. The second-order valence-corrected chi connectivity index (χ2v) is 9.39. The normalized spacial score (nSPS) is 22.2. The Bertz CT molecular complexity index is 415. The van der Waals surface area contributed by atoms with Gasteiger partial charge in [-0.2, -0.15) is 0 Å². The Hall–Kier alpha value is -0.790. The highest BCUT2D eigenvalue weighted by Gasteiger charge is 2.31. The molecule has 1 rings (SSSR count). The quantitative estimate of drug-likeness (QED) is 0.150. The minimum absolute atomic E-state index is 0.00780. The van der Waals surface area contributed by atoms with E-state index in [4.69, 9.17) is 4.74 Å². The Morgan fingerprint density at radius 3 is 1.86 bits per heavy atom. The minimum atomic E-state index is 0.00780. The fraction of sp³-hybridized carbons (Fsp3) is 0.885. The Morgan fingerprint density at radius 1 is 0.857 bits per heavy atom. The summed E-state index contributed by atoms with van der Waals surface area (Å²) in [5.74, 6) is 1.03. The molecule has 0 radical (unpaired) electrons. The average molecular weight is 393 g/mol. The van der Waals surface area contributed by atoms with Gasteiger partial charge in [-0.15, -0.1) is 0 Å². The number of hydrogen-bond donors (Lipinski definition) is 0. The molecule has 0 aromatic rings. The van der Waals surface area contributed by atoms with Gasteiger partial charge in [-0.1, -0.05) is 103 Å². The van der Waals surface area contributed by atoms with Crippen molar-refractivity contribution in [1.82, 2.24) is 0 Å². The van der Waals surface area contributed by atoms with Gasteiger partial charge in [-0.05, 0) is 38.5 Å². The number of unbranched alkanes of at least 4 members (excludes halogenated alkanes) is 12. The third kappa shape index (κ3) is 11.9. The lowest BCUT2D eigenvalue weighted by Crippen LogP contribution is -2.33. The molecule has 0 bridgehead atoms. The molecule has 0 spiro atoms. The van der Waals surface area contributed by atoms with Crippen LogP contribution in [0.4, 0.5) is 0 Å². The van der Waals surface area contributed by atoms with Crippen LogP contribution in [0.5, 0.6) is 0 Å². The first kappa shape index (κ1) is 25.2. The van der Waals surface area contributed by atoms with Crippen molar-refractivity contribution in [3.8, 4) is 0 Å². The van der Waals surface area contributed by atoms with Gasteiger partial charge in [0, 0.05) is 12.3 Å². The van der Waals surface area contributed by atoms with E-state index in [1.807, 2.05) is 0 Å². The molecule has 0 unspecified atom stereocenters. The summed E-state index contributed by atoms with van der Waals surface area (Å²) in [4.78, 5) is 12.2. The van der Waals surface area contributed by atoms with Gasteiger partial charge < -0.3 is 4.74 Å². The smallest absolute Gasteiger partial charge is 0.306 e. The van der Waals surface area contributed by atoms with Crippen molar-refractivity contribution in [2.24, 2.45) is 11.8 Å². The predicted octanol–water partition coefficient (Wildman–Crippen LogP) is 8.39. The summed E-state index contributed by atoms with van der Waals surface area (Å²) in [6.45, 7) is 10.7. The van der Waals surface area contributed by atoms with Crippen molar-refractivity contribution in [2.45, 2.75) is 136 Å². The second-order valence-electron chi connectivity index (χ2n) is 9.39. The van der Waals surface area contributed by atoms with Crippen LogP contribution >= 0.6 is 0 Å². The van der Waals surface area contributed by atoms with E-state index in [2.05, 4.69) is 27.4 Å². The lowest BCUT2D eigenvalue weighted by atomic mass is 9.77. The van der Waals surface area contributed by atoms with E-state index >= 15 is 0 Å². The molecule has 0 heterocycles. The van der Waals surface area contributed by atoms with E-state index in [0.29, 0.717) is 18.3 Å². The van der Waals surface area contributed by atoms with E-state index in [0.717, 1.165) is 25.7 Å². The van der Waals surface area contributed by atoms with Gasteiger partial charge in [0.25, 0.3) is 0 Å². The van der Waals surface area contributed by atoms with Gasteiger partial charge in [0.2, 0.25) is 0 Å². The van der Waals surface area contributed by atoms with E-state index in [1.54, 1.807) is 0 Å². The summed E-state index contributed by atoms with van der Waals surface area (Å²) < 4.78 is 5.84. The largest absolute Gasteiger partial charge is 0.462 e. The maximum atomic E-state index is 12.2. The second kappa shape index (κ2) is 16.1. The molecular weight excluding hydrogens is 344 g/mol. The van der Waals surface area contributed by atoms with Crippen LogP contribution in [0, 0.1) is 11.8 Å². The zero-order chi connectivity index (χ0) is 20.6. The zero-order valence-corrected chi connectivity index (χ0v) is 19.3. The molecule has 0 aromatic carbocycles. The van der Waals surface area contributed by atoms with Gasteiger partial charge in [0.1, 0.15) is 6.10 Å². The van der Waals surface area contributed by atoms with Crippen LogP contribution in [0.25, 0.3) is 0 Å². The fourth-order valence-electron chi connectivity index (χ4n) is 4.54. The summed E-state index contributed by atoms with van der Waals surface area (Å²) in [6.07, 6.45) is 21.3. The number of ether oxygens (including phenoxy) is 1. The Balaban J connectivity index is 1.97. The topological polar surface area (TPSA) is 26.3 Å². The Morgan fingerprint density at radius 2 is 1.36 bits per heavy atom. The molecule has 2 nitrogen and oxygen atoms in total. The average Bonchev–Trinajstić information content (AvgIpc) is 2.65. The molecule has 2 heteroatoms. The van der Waals surface area contributed by atoms with Crippen molar-refractivity contribution in [1.29, 1.82) is 0 Å². The molecule has 28 heavy (non-hydrogen) atoms. The minimum Gasteiger partial charge on any atom is -0.462 e. The number of rotatable bonds is 16. The fourth-order valence-corrected chi connectivity index (χ4v) is 4.54. The van der Waals surface area contributed by atoms with Crippen LogP contribution < -0.4 is 0 Å². The third-order valence-electron chi connectivity index (χ3n) is 6.45. The van der Waals surface area contributed by atoms with Crippen molar-refractivity contribution >= 4 is 5.97 Å². The van der Waals surface area contributed by atoms with Crippen molar-refractivity contribution in [2.75, 3.05) is 0 Å². The molecule has 1 saturated carbocycles. The van der Waals surface area contributed by atoms with Crippen LogP contribution in [-0.2, 0) is 9.53 Å². The van der Waals surface area contributed by atoms with E-state index in [9.17, 15) is 4.79 Å². The van der Waals surface area contributed by atoms with Gasteiger partial charge in [0.15, 0.2) is 0 Å². The van der Waals surface area contributed by atoms with Crippen LogP contribution in [0.1, 0.15) is 130 Å². The highest BCUT2D eigenvalue weighted by Crippen LogP contribution is 2.34. The molecule has 1 fully saturated rings. The van der Waals surface area contributed by atoms with Gasteiger partial charge in [-0.25, -0.2) is 0 Å². The molecule has 0 aromatic heterocycles. The zero-order valence-electron chi connectivity index (χ0n) is 19.3. The molecular formula is C26H48O2. The summed E-state index contributed by atoms with van der Waals surface area (Å²) >= 11 is 0. The van der Waals surface area contributed by atoms with Crippen LogP contribution in [0.3, 0.4) is 0 Å². The third-order valence-corrected chi connectivity index (χ3v) is 6.45. The van der Waals surface area contributed by atoms with E-state index < -0.39 is 0 Å². The molecule has 1 aliphatic rings. The Kier molecular flexibility index (Phi) is 14.5. The summed E-state index contributed by atoms with van der Waals surface area (Å²) in [6, 6.07) is 0. The van der Waals surface area contributed by atoms with Crippen molar-refractivity contribution in [3.05, 3.63) is 12.2 Å². The van der Waals surface area contributed by atoms with Gasteiger partial charge in [0.05, 0.1) is 0 Å². The van der Waals surface area contributed by atoms with E-state index in [1.165, 1.54) is 82.6 Å². The highest BCUT2D eigenvalue weighted by molar-refractivity contribution is 5.69. The molecule has 1 aliphatic carbocycles. The Labute approximate surface area is 175 Å². The van der Waals surface area contributed by atoms with Crippen molar-refractivity contribution < 1.29 is 9.53 Å². The van der Waals surface area contributed by atoms with Crippen LogP contribution in [-0.4, -0.2) is 12.1 Å². The van der Waals surface area contributed by atoms with Crippen LogP contribution in [0.15, 0.2) is 12.2 Å².